The smallest absolute Gasteiger partial charge is 0.165 e. The lowest BCUT2D eigenvalue weighted by Crippen LogP contribution is -2.44. The van der Waals surface area contributed by atoms with Gasteiger partial charge in [0.2, 0.25) is 0 Å². The van der Waals surface area contributed by atoms with Crippen molar-refractivity contribution in [2.24, 2.45) is 5.41 Å². The Kier molecular flexibility index (Phi) is 3.56. The van der Waals surface area contributed by atoms with Crippen molar-refractivity contribution < 1.29 is 14.6 Å². The first kappa shape index (κ1) is 16.3. The summed E-state index contributed by atoms with van der Waals surface area (Å²) in [5, 5.41) is 10.9. The van der Waals surface area contributed by atoms with Crippen LogP contribution < -0.4 is 4.74 Å². The van der Waals surface area contributed by atoms with Crippen LogP contribution in [0.3, 0.4) is 0 Å². The molecule has 0 saturated heterocycles. The predicted molar refractivity (Wildman–Crippen MR) is 96.1 cm³/mol. The molecule has 2 unspecified atom stereocenters. The quantitative estimate of drug-likeness (QED) is 0.833. The fourth-order valence-corrected chi connectivity index (χ4v) is 4.05. The zero-order valence-electron chi connectivity index (χ0n) is 14.3. The van der Waals surface area contributed by atoms with Gasteiger partial charge in [0, 0.05) is 16.6 Å². The molecule has 0 aliphatic heterocycles. The van der Waals surface area contributed by atoms with E-state index in [0.717, 1.165) is 16.9 Å². The first-order valence-corrected chi connectivity index (χ1v) is 7.96. The number of aliphatic hydroxyl groups is 1. The third-order valence-electron chi connectivity index (χ3n) is 5.37. The predicted octanol–water partition coefficient (Wildman–Crippen LogP) is 4.51. The largest absolute Gasteiger partial charge is 0.507 e. The molecule has 2 aliphatic rings. The van der Waals surface area contributed by atoms with Crippen LogP contribution >= 0.6 is 0 Å². The van der Waals surface area contributed by atoms with Gasteiger partial charge < -0.3 is 9.84 Å². The van der Waals surface area contributed by atoms with Crippen LogP contribution in [0.15, 0.2) is 60.9 Å². The number of methoxy groups -OCH3 is 1. The molecule has 0 heterocycles. The Balaban J connectivity index is 2.37. The zero-order chi connectivity index (χ0) is 17.7. The number of hydrogen-bond acceptors (Lipinski definition) is 3. The van der Waals surface area contributed by atoms with Crippen LogP contribution in [0, 0.1) is 5.41 Å². The second-order valence-corrected chi connectivity index (χ2v) is 6.84. The molecule has 0 fully saturated rings. The van der Waals surface area contributed by atoms with Gasteiger partial charge in [0.1, 0.15) is 11.5 Å². The minimum absolute atomic E-state index is 0.0272. The normalized spacial score (nSPS) is 28.5. The van der Waals surface area contributed by atoms with Gasteiger partial charge in [-0.15, -0.1) is 6.58 Å². The Morgan fingerprint density at radius 2 is 2.04 bits per heavy atom. The standard InChI is InChI=1S/C21H22O3/c1-6-10-21(4)17(22)9-11-20(3)16-12-14(24-5)7-8-15(16)13(2)18(23)19(20)21/h6-9,11-12,23H,1-2,10H2,3-5H3. The summed E-state index contributed by atoms with van der Waals surface area (Å²) in [5.41, 5.74) is 1.66. The molecule has 2 atom stereocenters. The molecule has 0 bridgehead atoms. The lowest BCUT2D eigenvalue weighted by Gasteiger charge is -2.47. The maximum Gasteiger partial charge on any atom is 0.165 e. The van der Waals surface area contributed by atoms with E-state index in [2.05, 4.69) is 13.2 Å². The average molecular weight is 322 g/mol. The van der Waals surface area contributed by atoms with Crippen LogP contribution in [0.2, 0.25) is 0 Å². The van der Waals surface area contributed by atoms with E-state index in [1.54, 1.807) is 19.3 Å². The number of ether oxygens (including phenoxy) is 1. The van der Waals surface area contributed by atoms with Crippen LogP contribution in [0.4, 0.5) is 0 Å². The van der Waals surface area contributed by atoms with Crippen LogP contribution in [0.1, 0.15) is 31.4 Å². The Morgan fingerprint density at radius 3 is 2.67 bits per heavy atom. The maximum atomic E-state index is 12.7. The van der Waals surface area contributed by atoms with E-state index >= 15 is 0 Å². The molecule has 0 radical (unpaired) electrons. The van der Waals surface area contributed by atoms with Crippen molar-refractivity contribution in [3.8, 4) is 5.75 Å². The Labute approximate surface area is 142 Å². The van der Waals surface area contributed by atoms with Crippen molar-refractivity contribution in [1.29, 1.82) is 0 Å². The summed E-state index contributed by atoms with van der Waals surface area (Å²) in [5.74, 6) is 0.817. The summed E-state index contributed by atoms with van der Waals surface area (Å²) in [6.07, 6.45) is 5.67. The van der Waals surface area contributed by atoms with E-state index in [0.29, 0.717) is 17.6 Å². The third-order valence-corrected chi connectivity index (χ3v) is 5.37. The van der Waals surface area contributed by atoms with Crippen molar-refractivity contribution in [2.75, 3.05) is 7.11 Å². The highest BCUT2D eigenvalue weighted by molar-refractivity contribution is 6.02. The molecule has 124 valence electrons. The highest BCUT2D eigenvalue weighted by Gasteiger charge is 2.51. The van der Waals surface area contributed by atoms with Gasteiger partial charge >= 0.3 is 0 Å². The molecule has 0 spiro atoms. The number of carbonyl (C=O) groups is 1. The van der Waals surface area contributed by atoms with E-state index in [1.807, 2.05) is 38.1 Å². The van der Waals surface area contributed by atoms with Crippen molar-refractivity contribution in [3.63, 3.8) is 0 Å². The summed E-state index contributed by atoms with van der Waals surface area (Å²) < 4.78 is 5.37. The van der Waals surface area contributed by atoms with E-state index in [1.165, 1.54) is 0 Å². The summed E-state index contributed by atoms with van der Waals surface area (Å²) in [4.78, 5) is 12.7. The molecule has 0 aromatic heterocycles. The number of ketones is 1. The fourth-order valence-electron chi connectivity index (χ4n) is 4.05. The number of fused-ring (bicyclic) bond motifs is 3. The van der Waals surface area contributed by atoms with E-state index < -0.39 is 10.8 Å². The Bertz CT molecular complexity index is 827. The maximum absolute atomic E-state index is 12.7. The summed E-state index contributed by atoms with van der Waals surface area (Å²) in [6, 6.07) is 5.72. The van der Waals surface area contributed by atoms with Gasteiger partial charge in [-0.3, -0.25) is 4.79 Å². The second kappa shape index (κ2) is 5.23. The molecule has 3 heteroatoms. The molecule has 1 aromatic rings. The molecule has 1 aromatic carbocycles. The zero-order valence-corrected chi connectivity index (χ0v) is 14.3. The number of rotatable bonds is 3. The molecule has 3 nitrogen and oxygen atoms in total. The van der Waals surface area contributed by atoms with E-state index in [-0.39, 0.29) is 11.5 Å². The number of allylic oxidation sites excluding steroid dienone is 5. The van der Waals surface area contributed by atoms with Gasteiger partial charge in [-0.05, 0) is 49.6 Å². The number of carbonyl (C=O) groups excluding carboxylic acids is 1. The van der Waals surface area contributed by atoms with Gasteiger partial charge in [-0.1, -0.05) is 24.8 Å². The van der Waals surface area contributed by atoms with Crippen LogP contribution in [0.25, 0.3) is 5.57 Å². The minimum atomic E-state index is -0.834. The van der Waals surface area contributed by atoms with E-state index in [9.17, 15) is 9.90 Å². The average Bonchev–Trinajstić information content (AvgIpc) is 2.56. The van der Waals surface area contributed by atoms with Crippen LogP contribution in [-0.2, 0) is 10.2 Å². The molecule has 0 saturated carbocycles. The summed E-state index contributed by atoms with van der Waals surface area (Å²) in [6.45, 7) is 11.7. The first-order chi connectivity index (χ1) is 11.3. The topological polar surface area (TPSA) is 46.5 Å². The molecular weight excluding hydrogens is 300 g/mol. The monoisotopic (exact) mass is 322 g/mol. The molecule has 2 aliphatic carbocycles. The number of benzene rings is 1. The fraction of sp³-hybridized carbons (Fsp3) is 0.286. The van der Waals surface area contributed by atoms with Crippen molar-refractivity contribution in [3.05, 3.63) is 72.0 Å². The Hall–Kier alpha value is -2.55. The lowest BCUT2D eigenvalue weighted by molar-refractivity contribution is -0.122. The van der Waals surface area contributed by atoms with Crippen molar-refractivity contribution in [1.82, 2.24) is 0 Å². The van der Waals surface area contributed by atoms with E-state index in [4.69, 9.17) is 4.74 Å². The van der Waals surface area contributed by atoms with Crippen molar-refractivity contribution in [2.45, 2.75) is 25.7 Å². The second-order valence-electron chi connectivity index (χ2n) is 6.84. The molecule has 3 rings (SSSR count). The Morgan fingerprint density at radius 1 is 1.33 bits per heavy atom. The third kappa shape index (κ3) is 1.94. The SMILES string of the molecule is C=CCC1(C)C(=O)C=CC2(C)C1=C(O)C(=C)c1ccc(OC)cc12. The van der Waals surface area contributed by atoms with Gasteiger partial charge in [0.25, 0.3) is 0 Å². The lowest BCUT2D eigenvalue weighted by atomic mass is 9.55. The molecular formula is C21H22O3. The molecule has 24 heavy (non-hydrogen) atoms. The van der Waals surface area contributed by atoms with Crippen molar-refractivity contribution >= 4 is 11.4 Å². The van der Waals surface area contributed by atoms with Crippen LogP contribution in [-0.4, -0.2) is 18.0 Å². The summed E-state index contributed by atoms with van der Waals surface area (Å²) in [7, 11) is 1.62. The number of hydrogen-bond donors (Lipinski definition) is 1. The summed E-state index contributed by atoms with van der Waals surface area (Å²) >= 11 is 0. The van der Waals surface area contributed by atoms with Gasteiger partial charge in [-0.25, -0.2) is 0 Å². The van der Waals surface area contributed by atoms with Crippen LogP contribution in [0.5, 0.6) is 5.75 Å². The number of aliphatic hydroxyl groups excluding tert-OH is 1. The van der Waals surface area contributed by atoms with Gasteiger partial charge in [-0.2, -0.15) is 0 Å². The highest BCUT2D eigenvalue weighted by Crippen LogP contribution is 2.56. The minimum Gasteiger partial charge on any atom is -0.507 e. The molecule has 1 N–H and O–H groups in total. The highest BCUT2D eigenvalue weighted by atomic mass is 16.5. The van der Waals surface area contributed by atoms with Gasteiger partial charge in [0.05, 0.1) is 12.5 Å². The molecule has 0 amide bonds. The van der Waals surface area contributed by atoms with Gasteiger partial charge in [0.15, 0.2) is 5.78 Å². The first-order valence-electron chi connectivity index (χ1n) is 7.96.